The molecule has 10 heteroatoms. The normalized spacial score (nSPS) is 11.2. The largest absolute Gasteiger partial charge is 0.358 e. The van der Waals surface area contributed by atoms with Crippen LogP contribution in [-0.2, 0) is 15.6 Å². The Labute approximate surface area is 187 Å². The second-order valence-electron chi connectivity index (χ2n) is 6.74. The standard InChI is InChI=1S/C22H13ClFN3O4S/c23-17-12-16(10-9-15-5-4-6-18(24)11-15)21-25-20(22(27(28)29)26(21)13-17)14-32(30,31)19-7-2-1-3-8-19/h1-8,11-13H,14H2. The lowest BCUT2D eigenvalue weighted by atomic mass is 10.2. The average molecular weight is 470 g/mol. The zero-order valence-corrected chi connectivity index (χ0v) is 17.8. The number of fused-ring (bicyclic) bond motifs is 1. The molecule has 0 saturated carbocycles. The molecule has 0 fully saturated rings. The van der Waals surface area contributed by atoms with E-state index in [0.717, 1.165) is 4.40 Å². The van der Waals surface area contributed by atoms with Crippen LogP contribution in [0.2, 0.25) is 5.02 Å². The summed E-state index contributed by atoms with van der Waals surface area (Å²) in [5.41, 5.74) is 0.447. The predicted molar refractivity (Wildman–Crippen MR) is 117 cm³/mol. The van der Waals surface area contributed by atoms with Crippen LogP contribution < -0.4 is 0 Å². The summed E-state index contributed by atoms with van der Waals surface area (Å²) in [7, 11) is -3.89. The van der Waals surface area contributed by atoms with E-state index in [0.29, 0.717) is 5.56 Å². The maximum absolute atomic E-state index is 13.4. The molecule has 0 spiro atoms. The van der Waals surface area contributed by atoms with Crippen molar-refractivity contribution in [3.63, 3.8) is 0 Å². The first-order valence-electron chi connectivity index (χ1n) is 9.15. The molecule has 0 saturated heterocycles. The number of halogens is 2. The van der Waals surface area contributed by atoms with E-state index in [1.807, 2.05) is 0 Å². The van der Waals surface area contributed by atoms with Crippen molar-refractivity contribution in [3.05, 3.63) is 105 Å². The smallest absolute Gasteiger partial charge is 0.352 e. The van der Waals surface area contributed by atoms with Gasteiger partial charge in [-0.25, -0.2) is 17.8 Å². The number of aromatic nitrogens is 2. The van der Waals surface area contributed by atoms with Gasteiger partial charge in [-0.2, -0.15) is 4.40 Å². The molecule has 0 amide bonds. The number of rotatable bonds is 4. The van der Waals surface area contributed by atoms with Crippen molar-refractivity contribution >= 4 is 32.9 Å². The Hall–Kier alpha value is -3.74. The minimum Gasteiger partial charge on any atom is -0.358 e. The number of nitro groups is 1. The Bertz CT molecular complexity index is 1520. The average Bonchev–Trinajstić information content (AvgIpc) is 3.10. The van der Waals surface area contributed by atoms with Gasteiger partial charge in [0.2, 0.25) is 5.65 Å². The molecule has 0 N–H and O–H groups in total. The highest BCUT2D eigenvalue weighted by atomic mass is 35.5. The van der Waals surface area contributed by atoms with Crippen LogP contribution in [0, 0.1) is 27.8 Å². The molecule has 7 nitrogen and oxygen atoms in total. The van der Waals surface area contributed by atoms with E-state index in [1.54, 1.807) is 24.3 Å². The number of hydrogen-bond donors (Lipinski definition) is 0. The van der Waals surface area contributed by atoms with Gasteiger partial charge in [-0.05, 0) is 41.3 Å². The third-order valence-electron chi connectivity index (χ3n) is 4.50. The Balaban J connectivity index is 1.86. The van der Waals surface area contributed by atoms with Crippen LogP contribution in [0.3, 0.4) is 0 Å². The van der Waals surface area contributed by atoms with Crippen LogP contribution in [0.1, 0.15) is 16.8 Å². The van der Waals surface area contributed by atoms with E-state index in [1.165, 1.54) is 42.6 Å². The molecule has 0 aliphatic carbocycles. The number of pyridine rings is 1. The van der Waals surface area contributed by atoms with E-state index < -0.39 is 32.1 Å². The second-order valence-corrected chi connectivity index (χ2v) is 9.16. The monoisotopic (exact) mass is 469 g/mol. The van der Waals surface area contributed by atoms with Gasteiger partial charge in [-0.15, -0.1) is 0 Å². The van der Waals surface area contributed by atoms with Gasteiger partial charge in [0.25, 0.3) is 0 Å². The number of benzene rings is 2. The molecule has 4 rings (SSSR count). The lowest BCUT2D eigenvalue weighted by Crippen LogP contribution is -2.07. The first-order chi connectivity index (χ1) is 15.2. The van der Waals surface area contributed by atoms with Gasteiger partial charge in [-0.1, -0.05) is 47.7 Å². The summed E-state index contributed by atoms with van der Waals surface area (Å²) in [6, 6.07) is 14.7. The van der Waals surface area contributed by atoms with E-state index in [2.05, 4.69) is 16.8 Å². The van der Waals surface area contributed by atoms with Gasteiger partial charge < -0.3 is 10.1 Å². The van der Waals surface area contributed by atoms with Crippen LogP contribution in [0.15, 0.2) is 71.8 Å². The number of sulfone groups is 1. The quantitative estimate of drug-likeness (QED) is 0.251. The zero-order chi connectivity index (χ0) is 22.9. The van der Waals surface area contributed by atoms with Gasteiger partial charge in [0.1, 0.15) is 17.8 Å². The molecule has 4 aromatic rings. The van der Waals surface area contributed by atoms with Gasteiger partial charge in [-0.3, -0.25) is 0 Å². The minimum atomic E-state index is -3.89. The summed E-state index contributed by atoms with van der Waals surface area (Å²) in [5.74, 6) is 3.90. The number of hydrogen-bond acceptors (Lipinski definition) is 5. The molecular weight excluding hydrogens is 457 g/mol. The maximum atomic E-state index is 13.4. The van der Waals surface area contributed by atoms with Crippen molar-refractivity contribution < 1.29 is 17.7 Å². The highest BCUT2D eigenvalue weighted by Gasteiger charge is 2.29. The van der Waals surface area contributed by atoms with Crippen LogP contribution in [-0.4, -0.2) is 22.7 Å². The first-order valence-corrected chi connectivity index (χ1v) is 11.2. The number of nitrogens with zero attached hydrogens (tertiary/aromatic N) is 3. The zero-order valence-electron chi connectivity index (χ0n) is 16.2. The highest BCUT2D eigenvalue weighted by Crippen LogP contribution is 2.28. The fourth-order valence-electron chi connectivity index (χ4n) is 3.13. The summed E-state index contributed by atoms with van der Waals surface area (Å²) < 4.78 is 40.1. The van der Waals surface area contributed by atoms with Crippen molar-refractivity contribution in [1.82, 2.24) is 9.38 Å². The van der Waals surface area contributed by atoms with Crippen molar-refractivity contribution in [2.75, 3.05) is 0 Å². The maximum Gasteiger partial charge on any atom is 0.352 e. The molecule has 0 radical (unpaired) electrons. The summed E-state index contributed by atoms with van der Waals surface area (Å²) in [5, 5.41) is 11.9. The summed E-state index contributed by atoms with van der Waals surface area (Å²) in [4.78, 5) is 15.3. The highest BCUT2D eigenvalue weighted by molar-refractivity contribution is 7.90. The van der Waals surface area contributed by atoms with Crippen molar-refractivity contribution in [2.24, 2.45) is 0 Å². The topological polar surface area (TPSA) is 94.6 Å². The Morgan fingerprint density at radius 2 is 1.84 bits per heavy atom. The first kappa shape index (κ1) is 21.5. The summed E-state index contributed by atoms with van der Waals surface area (Å²) >= 11 is 6.13. The third-order valence-corrected chi connectivity index (χ3v) is 6.35. The van der Waals surface area contributed by atoms with E-state index >= 15 is 0 Å². The minimum absolute atomic E-state index is 0.0236. The molecule has 160 valence electrons. The van der Waals surface area contributed by atoms with E-state index in [4.69, 9.17) is 11.6 Å². The SMILES string of the molecule is O=[N+]([O-])c1c(CS(=O)(=O)c2ccccc2)nc2c(C#Cc3cccc(F)c3)cc(Cl)cn12. The van der Waals surface area contributed by atoms with Crippen LogP contribution in [0.5, 0.6) is 0 Å². The lowest BCUT2D eigenvalue weighted by molar-refractivity contribution is -0.391. The Kier molecular flexibility index (Phi) is 5.65. The Morgan fingerprint density at radius 1 is 1.09 bits per heavy atom. The Morgan fingerprint density at radius 3 is 2.53 bits per heavy atom. The van der Waals surface area contributed by atoms with Crippen LogP contribution >= 0.6 is 11.6 Å². The fraction of sp³-hybridized carbons (Fsp3) is 0.0455. The number of imidazole rings is 1. The van der Waals surface area contributed by atoms with Gasteiger partial charge in [0, 0.05) is 5.56 Å². The lowest BCUT2D eigenvalue weighted by Gasteiger charge is -2.02. The van der Waals surface area contributed by atoms with Crippen molar-refractivity contribution in [1.29, 1.82) is 0 Å². The molecule has 0 aliphatic rings. The molecule has 0 aliphatic heterocycles. The van der Waals surface area contributed by atoms with Crippen molar-refractivity contribution in [2.45, 2.75) is 10.6 Å². The van der Waals surface area contributed by atoms with Gasteiger partial charge >= 0.3 is 5.82 Å². The molecule has 0 atom stereocenters. The molecular formula is C22H13ClFN3O4S. The second kappa shape index (κ2) is 8.42. The van der Waals surface area contributed by atoms with E-state index in [-0.39, 0.29) is 26.8 Å². The van der Waals surface area contributed by atoms with Crippen molar-refractivity contribution in [3.8, 4) is 11.8 Å². The molecule has 0 bridgehead atoms. The van der Waals surface area contributed by atoms with E-state index in [9.17, 15) is 22.9 Å². The van der Waals surface area contributed by atoms with Gasteiger partial charge in [0.15, 0.2) is 15.5 Å². The third kappa shape index (κ3) is 4.32. The summed E-state index contributed by atoms with van der Waals surface area (Å²) in [6.07, 6.45) is 1.27. The molecule has 2 heterocycles. The molecule has 2 aromatic carbocycles. The molecule has 2 aromatic heterocycles. The summed E-state index contributed by atoms with van der Waals surface area (Å²) in [6.45, 7) is 0. The van der Waals surface area contributed by atoms with Crippen LogP contribution in [0.25, 0.3) is 5.65 Å². The fourth-order valence-corrected chi connectivity index (χ4v) is 4.62. The predicted octanol–water partition coefficient (Wildman–Crippen LogP) is 4.41. The molecule has 0 unspecified atom stereocenters. The van der Waals surface area contributed by atoms with Gasteiger partial charge in [0.05, 0.1) is 15.5 Å². The molecule has 32 heavy (non-hydrogen) atoms. The van der Waals surface area contributed by atoms with Crippen LogP contribution in [0.4, 0.5) is 10.2 Å².